The molecule has 0 saturated carbocycles. The summed E-state index contributed by atoms with van der Waals surface area (Å²) in [5, 5.41) is 11.6. The standard InChI is InChI=1S/C15H22N4O2/c1-3-6-11-8-5-9-13-17-15(16-10-14(20)18-21)12(7-4-2)19(11)13/h5,8-9,16,21H,3-4,6-7,10H2,1-2H3,(H,18,20). The Bertz CT molecular complexity index is 621. The molecule has 0 aliphatic carbocycles. The summed E-state index contributed by atoms with van der Waals surface area (Å²) in [5.74, 6) is 0.229. The van der Waals surface area contributed by atoms with E-state index in [4.69, 9.17) is 5.21 Å². The molecule has 6 nitrogen and oxygen atoms in total. The second-order valence-electron chi connectivity index (χ2n) is 5.01. The fourth-order valence-electron chi connectivity index (χ4n) is 2.49. The molecule has 0 aliphatic heterocycles. The Morgan fingerprint density at radius 1 is 1.29 bits per heavy atom. The SMILES string of the molecule is CCCc1cccc2nc(NCC(=O)NO)c(CCC)n12. The number of hydrogen-bond acceptors (Lipinski definition) is 4. The lowest BCUT2D eigenvalue weighted by Gasteiger charge is -2.09. The molecule has 21 heavy (non-hydrogen) atoms. The van der Waals surface area contributed by atoms with Crippen LogP contribution in [0.3, 0.4) is 0 Å². The summed E-state index contributed by atoms with van der Waals surface area (Å²) in [6, 6.07) is 6.09. The zero-order valence-electron chi connectivity index (χ0n) is 12.5. The molecule has 1 amide bonds. The summed E-state index contributed by atoms with van der Waals surface area (Å²) in [5.41, 5.74) is 4.81. The van der Waals surface area contributed by atoms with Gasteiger partial charge in [-0.15, -0.1) is 0 Å². The van der Waals surface area contributed by atoms with E-state index < -0.39 is 5.91 Å². The van der Waals surface area contributed by atoms with Gasteiger partial charge in [-0.2, -0.15) is 0 Å². The number of nitrogens with zero attached hydrogens (tertiary/aromatic N) is 2. The third kappa shape index (κ3) is 3.33. The maximum Gasteiger partial charge on any atom is 0.262 e. The third-order valence-electron chi connectivity index (χ3n) is 3.35. The molecule has 114 valence electrons. The van der Waals surface area contributed by atoms with Gasteiger partial charge in [0.25, 0.3) is 5.91 Å². The van der Waals surface area contributed by atoms with Crippen molar-refractivity contribution >= 4 is 17.4 Å². The first-order chi connectivity index (χ1) is 10.2. The highest BCUT2D eigenvalue weighted by molar-refractivity contribution is 5.79. The lowest BCUT2D eigenvalue weighted by atomic mass is 10.2. The number of nitrogens with one attached hydrogen (secondary N) is 2. The van der Waals surface area contributed by atoms with Gasteiger partial charge in [-0.1, -0.05) is 32.8 Å². The summed E-state index contributed by atoms with van der Waals surface area (Å²) in [6.45, 7) is 4.27. The Labute approximate surface area is 124 Å². The van der Waals surface area contributed by atoms with Crippen molar-refractivity contribution in [2.75, 3.05) is 11.9 Å². The van der Waals surface area contributed by atoms with Gasteiger partial charge in [0.1, 0.15) is 11.5 Å². The molecule has 2 aromatic heterocycles. The molecule has 0 atom stereocenters. The molecule has 2 heterocycles. The molecular formula is C15H22N4O2. The largest absolute Gasteiger partial charge is 0.359 e. The minimum absolute atomic E-state index is 0.000206. The van der Waals surface area contributed by atoms with Gasteiger partial charge in [0.2, 0.25) is 0 Å². The number of fused-ring (bicyclic) bond motifs is 1. The number of imidazole rings is 1. The van der Waals surface area contributed by atoms with Crippen molar-refractivity contribution in [3.8, 4) is 0 Å². The molecule has 3 N–H and O–H groups in total. The van der Waals surface area contributed by atoms with E-state index in [-0.39, 0.29) is 6.54 Å². The minimum Gasteiger partial charge on any atom is -0.359 e. The van der Waals surface area contributed by atoms with Crippen LogP contribution in [0.15, 0.2) is 18.2 Å². The molecule has 2 aromatic rings. The van der Waals surface area contributed by atoms with E-state index in [9.17, 15) is 4.79 Å². The van der Waals surface area contributed by atoms with Crippen LogP contribution in [0.2, 0.25) is 0 Å². The normalized spacial score (nSPS) is 10.8. The molecular weight excluding hydrogens is 268 g/mol. The van der Waals surface area contributed by atoms with Crippen molar-refractivity contribution < 1.29 is 10.0 Å². The lowest BCUT2D eigenvalue weighted by molar-refractivity contribution is -0.127. The van der Waals surface area contributed by atoms with Crippen molar-refractivity contribution in [3.63, 3.8) is 0 Å². The number of pyridine rings is 1. The number of aryl methyl sites for hydroxylation is 2. The van der Waals surface area contributed by atoms with Crippen molar-refractivity contribution in [1.82, 2.24) is 14.9 Å². The van der Waals surface area contributed by atoms with Crippen molar-refractivity contribution in [2.45, 2.75) is 39.5 Å². The molecule has 6 heteroatoms. The van der Waals surface area contributed by atoms with E-state index >= 15 is 0 Å². The van der Waals surface area contributed by atoms with Crippen LogP contribution in [0.25, 0.3) is 5.65 Å². The van der Waals surface area contributed by atoms with Crippen LogP contribution in [0.5, 0.6) is 0 Å². The van der Waals surface area contributed by atoms with E-state index in [1.807, 2.05) is 12.1 Å². The number of hydroxylamine groups is 1. The predicted octanol–water partition coefficient (Wildman–Crippen LogP) is 2.16. The number of amides is 1. The van der Waals surface area contributed by atoms with Gasteiger partial charge in [0.05, 0.1) is 12.2 Å². The van der Waals surface area contributed by atoms with E-state index in [2.05, 4.69) is 34.6 Å². The van der Waals surface area contributed by atoms with Gasteiger partial charge in [0, 0.05) is 5.69 Å². The monoisotopic (exact) mass is 290 g/mol. The van der Waals surface area contributed by atoms with Crippen LogP contribution in [-0.4, -0.2) is 27.0 Å². The average Bonchev–Trinajstić information content (AvgIpc) is 2.84. The maximum atomic E-state index is 11.2. The summed E-state index contributed by atoms with van der Waals surface area (Å²) in [6.07, 6.45) is 3.93. The van der Waals surface area contributed by atoms with Gasteiger partial charge in [0.15, 0.2) is 0 Å². The third-order valence-corrected chi connectivity index (χ3v) is 3.35. The van der Waals surface area contributed by atoms with Crippen LogP contribution < -0.4 is 10.8 Å². The molecule has 0 fully saturated rings. The maximum absolute atomic E-state index is 11.2. The summed E-state index contributed by atoms with van der Waals surface area (Å²) < 4.78 is 2.17. The number of aromatic nitrogens is 2. The minimum atomic E-state index is -0.483. The Hall–Kier alpha value is -2.08. The van der Waals surface area contributed by atoms with Gasteiger partial charge in [-0.25, -0.2) is 10.5 Å². The molecule has 2 rings (SSSR count). The van der Waals surface area contributed by atoms with Crippen LogP contribution in [0.1, 0.15) is 38.1 Å². The Kier molecular flexibility index (Phi) is 5.16. The Morgan fingerprint density at radius 2 is 2.05 bits per heavy atom. The molecule has 0 aromatic carbocycles. The van der Waals surface area contributed by atoms with Crippen LogP contribution in [0, 0.1) is 0 Å². The van der Waals surface area contributed by atoms with Crippen molar-refractivity contribution in [2.24, 2.45) is 0 Å². The van der Waals surface area contributed by atoms with E-state index in [0.29, 0.717) is 5.82 Å². The zero-order chi connectivity index (χ0) is 15.2. The summed E-state index contributed by atoms with van der Waals surface area (Å²) in [4.78, 5) is 15.8. The van der Waals surface area contributed by atoms with E-state index in [0.717, 1.165) is 37.0 Å². The van der Waals surface area contributed by atoms with Crippen LogP contribution in [0.4, 0.5) is 5.82 Å². The van der Waals surface area contributed by atoms with Crippen LogP contribution in [-0.2, 0) is 17.6 Å². The summed E-state index contributed by atoms with van der Waals surface area (Å²) >= 11 is 0. The highest BCUT2D eigenvalue weighted by Crippen LogP contribution is 2.22. The molecule has 0 spiro atoms. The first-order valence-corrected chi connectivity index (χ1v) is 7.37. The Balaban J connectivity index is 2.42. The fourth-order valence-corrected chi connectivity index (χ4v) is 2.49. The van der Waals surface area contributed by atoms with Crippen molar-refractivity contribution in [1.29, 1.82) is 0 Å². The fraction of sp³-hybridized carbons (Fsp3) is 0.467. The Morgan fingerprint density at radius 3 is 2.71 bits per heavy atom. The molecule has 0 radical (unpaired) electrons. The molecule has 0 bridgehead atoms. The van der Waals surface area contributed by atoms with Gasteiger partial charge >= 0.3 is 0 Å². The number of carbonyl (C=O) groups is 1. The predicted molar refractivity (Wildman–Crippen MR) is 81.6 cm³/mol. The van der Waals surface area contributed by atoms with Gasteiger partial charge in [-0.3, -0.25) is 14.4 Å². The quantitative estimate of drug-likeness (QED) is 0.539. The first-order valence-electron chi connectivity index (χ1n) is 7.37. The highest BCUT2D eigenvalue weighted by atomic mass is 16.5. The highest BCUT2D eigenvalue weighted by Gasteiger charge is 2.14. The van der Waals surface area contributed by atoms with Gasteiger partial charge < -0.3 is 5.32 Å². The molecule has 0 unspecified atom stereocenters. The van der Waals surface area contributed by atoms with E-state index in [1.165, 1.54) is 5.69 Å². The number of anilines is 1. The van der Waals surface area contributed by atoms with Crippen molar-refractivity contribution in [3.05, 3.63) is 29.6 Å². The second-order valence-corrected chi connectivity index (χ2v) is 5.01. The zero-order valence-corrected chi connectivity index (χ0v) is 12.5. The lowest BCUT2D eigenvalue weighted by Crippen LogP contribution is -2.27. The topological polar surface area (TPSA) is 78.7 Å². The first kappa shape index (κ1) is 15.3. The van der Waals surface area contributed by atoms with Gasteiger partial charge in [-0.05, 0) is 25.0 Å². The molecule has 0 saturated heterocycles. The average molecular weight is 290 g/mol. The number of rotatable bonds is 7. The second kappa shape index (κ2) is 7.08. The molecule has 0 aliphatic rings. The number of hydrogen-bond donors (Lipinski definition) is 3. The number of carbonyl (C=O) groups excluding carboxylic acids is 1. The van der Waals surface area contributed by atoms with E-state index in [1.54, 1.807) is 5.48 Å². The smallest absolute Gasteiger partial charge is 0.262 e. The van der Waals surface area contributed by atoms with Crippen LogP contribution >= 0.6 is 0 Å². The summed E-state index contributed by atoms with van der Waals surface area (Å²) in [7, 11) is 0.